The number of aliphatic imine (C=N–C) groups is 1. The predicted octanol–water partition coefficient (Wildman–Crippen LogP) is 3.07. The first-order chi connectivity index (χ1) is 8.05. The SMILES string of the molecule is FC(F)(F)c1ccc(CCC2COC=N2)cc1. The van der Waals surface area contributed by atoms with Crippen molar-refractivity contribution in [2.75, 3.05) is 6.61 Å². The molecule has 17 heavy (non-hydrogen) atoms. The summed E-state index contributed by atoms with van der Waals surface area (Å²) < 4.78 is 41.9. The molecule has 5 heteroatoms. The number of nitrogens with zero attached hydrogens (tertiary/aromatic N) is 1. The molecule has 1 unspecified atom stereocenters. The van der Waals surface area contributed by atoms with Gasteiger partial charge in [-0.25, -0.2) is 0 Å². The Kier molecular flexibility index (Phi) is 3.36. The van der Waals surface area contributed by atoms with Gasteiger partial charge in [-0.15, -0.1) is 0 Å². The van der Waals surface area contributed by atoms with Crippen LogP contribution in [0, 0.1) is 0 Å². The summed E-state index contributed by atoms with van der Waals surface area (Å²) in [5.74, 6) is 0. The molecule has 2 nitrogen and oxygen atoms in total. The van der Waals surface area contributed by atoms with E-state index in [0.29, 0.717) is 13.0 Å². The topological polar surface area (TPSA) is 21.6 Å². The van der Waals surface area contributed by atoms with Crippen LogP contribution < -0.4 is 0 Å². The van der Waals surface area contributed by atoms with Gasteiger partial charge in [-0.05, 0) is 30.5 Å². The standard InChI is InChI=1S/C12H12F3NO/c13-12(14,15)10-4-1-9(2-5-10)3-6-11-7-17-8-16-11/h1-2,4-5,8,11H,3,6-7H2. The van der Waals surface area contributed by atoms with Crippen LogP contribution in [0.4, 0.5) is 13.2 Å². The lowest BCUT2D eigenvalue weighted by atomic mass is 10.0. The molecule has 0 radical (unpaired) electrons. The second kappa shape index (κ2) is 4.77. The van der Waals surface area contributed by atoms with Gasteiger partial charge in [0.15, 0.2) is 6.40 Å². The minimum Gasteiger partial charge on any atom is -0.481 e. The van der Waals surface area contributed by atoms with Gasteiger partial charge in [-0.2, -0.15) is 13.2 Å². The van der Waals surface area contributed by atoms with Gasteiger partial charge in [0.05, 0.1) is 11.6 Å². The molecule has 0 fully saturated rings. The van der Waals surface area contributed by atoms with Gasteiger partial charge in [0, 0.05) is 0 Å². The number of rotatable bonds is 3. The van der Waals surface area contributed by atoms with E-state index in [0.717, 1.165) is 24.1 Å². The molecule has 1 aromatic rings. The minimum atomic E-state index is -4.26. The van der Waals surface area contributed by atoms with Crippen molar-refractivity contribution in [2.24, 2.45) is 4.99 Å². The summed E-state index contributed by atoms with van der Waals surface area (Å²) in [6.45, 7) is 0.570. The molecule has 1 aromatic carbocycles. The molecule has 0 spiro atoms. The Labute approximate surface area is 97.1 Å². The Morgan fingerprint density at radius 1 is 1.24 bits per heavy atom. The minimum absolute atomic E-state index is 0.136. The van der Waals surface area contributed by atoms with Crippen LogP contribution in [0.25, 0.3) is 0 Å². The van der Waals surface area contributed by atoms with Crippen LogP contribution in [0.5, 0.6) is 0 Å². The molecule has 0 N–H and O–H groups in total. The summed E-state index contributed by atoms with van der Waals surface area (Å²) in [5.41, 5.74) is 0.281. The summed E-state index contributed by atoms with van der Waals surface area (Å²) in [5, 5.41) is 0. The van der Waals surface area contributed by atoms with E-state index in [9.17, 15) is 13.2 Å². The number of aryl methyl sites for hydroxylation is 1. The summed E-state index contributed by atoms with van der Waals surface area (Å²) in [7, 11) is 0. The zero-order chi connectivity index (χ0) is 12.3. The van der Waals surface area contributed by atoms with Crippen molar-refractivity contribution >= 4 is 6.40 Å². The van der Waals surface area contributed by atoms with Crippen LogP contribution in [-0.4, -0.2) is 19.0 Å². The van der Waals surface area contributed by atoms with Gasteiger partial charge < -0.3 is 4.74 Å². The first-order valence-corrected chi connectivity index (χ1v) is 5.35. The molecular weight excluding hydrogens is 231 g/mol. The summed E-state index contributed by atoms with van der Waals surface area (Å²) in [4.78, 5) is 4.08. The van der Waals surface area contributed by atoms with Crippen molar-refractivity contribution < 1.29 is 17.9 Å². The van der Waals surface area contributed by atoms with Crippen molar-refractivity contribution in [3.05, 3.63) is 35.4 Å². The Morgan fingerprint density at radius 2 is 1.94 bits per heavy atom. The molecule has 92 valence electrons. The maximum Gasteiger partial charge on any atom is 0.416 e. The van der Waals surface area contributed by atoms with Crippen LogP contribution in [0.1, 0.15) is 17.5 Å². The summed E-state index contributed by atoms with van der Waals surface area (Å²) >= 11 is 0. The number of alkyl halides is 3. The Hall–Kier alpha value is -1.52. The molecule has 0 saturated heterocycles. The van der Waals surface area contributed by atoms with Crippen molar-refractivity contribution in [1.82, 2.24) is 0 Å². The third-order valence-electron chi connectivity index (χ3n) is 2.68. The Morgan fingerprint density at radius 3 is 2.47 bits per heavy atom. The lowest BCUT2D eigenvalue weighted by Gasteiger charge is -2.08. The lowest BCUT2D eigenvalue weighted by Crippen LogP contribution is -2.08. The van der Waals surface area contributed by atoms with E-state index in [2.05, 4.69) is 4.99 Å². The fraction of sp³-hybridized carbons (Fsp3) is 0.417. The lowest BCUT2D eigenvalue weighted by molar-refractivity contribution is -0.137. The van der Waals surface area contributed by atoms with Gasteiger partial charge in [-0.3, -0.25) is 4.99 Å². The predicted molar refractivity (Wildman–Crippen MR) is 58.0 cm³/mol. The maximum atomic E-state index is 12.3. The normalized spacial score (nSPS) is 19.4. The van der Waals surface area contributed by atoms with Crippen molar-refractivity contribution in [3.63, 3.8) is 0 Å². The van der Waals surface area contributed by atoms with Gasteiger partial charge >= 0.3 is 6.18 Å². The molecule has 2 rings (SSSR count). The average molecular weight is 243 g/mol. The third kappa shape index (κ3) is 3.22. The Bertz CT molecular complexity index is 397. The van der Waals surface area contributed by atoms with E-state index in [1.54, 1.807) is 0 Å². The number of hydrogen-bond acceptors (Lipinski definition) is 2. The van der Waals surface area contributed by atoms with Gasteiger partial charge in [0.1, 0.15) is 6.61 Å². The molecule has 0 aromatic heterocycles. The highest BCUT2D eigenvalue weighted by Crippen LogP contribution is 2.29. The molecule has 1 heterocycles. The highest BCUT2D eigenvalue weighted by molar-refractivity contribution is 5.48. The zero-order valence-electron chi connectivity index (χ0n) is 9.07. The number of benzene rings is 1. The average Bonchev–Trinajstić information content (AvgIpc) is 2.78. The maximum absolute atomic E-state index is 12.3. The first kappa shape index (κ1) is 12.0. The summed E-state index contributed by atoms with van der Waals surface area (Å²) in [6.07, 6.45) is -1.33. The fourth-order valence-corrected chi connectivity index (χ4v) is 1.68. The van der Waals surface area contributed by atoms with Crippen molar-refractivity contribution in [2.45, 2.75) is 25.1 Å². The molecule has 1 atom stereocenters. The van der Waals surface area contributed by atoms with Crippen LogP contribution >= 0.6 is 0 Å². The summed E-state index contributed by atoms with van der Waals surface area (Å²) in [6, 6.07) is 5.40. The van der Waals surface area contributed by atoms with Crippen LogP contribution in [0.3, 0.4) is 0 Å². The van der Waals surface area contributed by atoms with Gasteiger partial charge in [0.2, 0.25) is 0 Å². The second-order valence-corrected chi connectivity index (χ2v) is 3.97. The highest BCUT2D eigenvalue weighted by atomic mass is 19.4. The van der Waals surface area contributed by atoms with E-state index in [-0.39, 0.29) is 6.04 Å². The fourth-order valence-electron chi connectivity index (χ4n) is 1.68. The molecule has 0 saturated carbocycles. The van der Waals surface area contributed by atoms with E-state index in [4.69, 9.17) is 4.74 Å². The number of halogens is 3. The van der Waals surface area contributed by atoms with E-state index >= 15 is 0 Å². The Balaban J connectivity index is 1.91. The molecular formula is C12H12F3NO. The quantitative estimate of drug-likeness (QED) is 0.799. The van der Waals surface area contributed by atoms with Gasteiger partial charge in [0.25, 0.3) is 0 Å². The van der Waals surface area contributed by atoms with Crippen LogP contribution in [0.15, 0.2) is 29.3 Å². The van der Waals surface area contributed by atoms with Crippen LogP contribution in [-0.2, 0) is 17.3 Å². The van der Waals surface area contributed by atoms with E-state index < -0.39 is 11.7 Å². The first-order valence-electron chi connectivity index (χ1n) is 5.35. The monoisotopic (exact) mass is 243 g/mol. The number of hydrogen-bond donors (Lipinski definition) is 0. The third-order valence-corrected chi connectivity index (χ3v) is 2.68. The second-order valence-electron chi connectivity index (χ2n) is 3.97. The molecule has 1 aliphatic heterocycles. The van der Waals surface area contributed by atoms with Crippen molar-refractivity contribution in [1.29, 1.82) is 0 Å². The molecule has 0 bridgehead atoms. The highest BCUT2D eigenvalue weighted by Gasteiger charge is 2.29. The molecule has 0 amide bonds. The van der Waals surface area contributed by atoms with E-state index in [1.165, 1.54) is 18.5 Å². The zero-order valence-corrected chi connectivity index (χ0v) is 9.07. The van der Waals surface area contributed by atoms with Crippen LogP contribution in [0.2, 0.25) is 0 Å². The molecule has 1 aliphatic rings. The largest absolute Gasteiger partial charge is 0.481 e. The molecule has 0 aliphatic carbocycles. The van der Waals surface area contributed by atoms with Gasteiger partial charge in [-0.1, -0.05) is 12.1 Å². The smallest absolute Gasteiger partial charge is 0.416 e. The van der Waals surface area contributed by atoms with Crippen molar-refractivity contribution in [3.8, 4) is 0 Å². The van der Waals surface area contributed by atoms with E-state index in [1.807, 2.05) is 0 Å². The number of ether oxygens (including phenoxy) is 1.